The van der Waals surface area contributed by atoms with Crippen molar-refractivity contribution in [3.63, 3.8) is 0 Å². The van der Waals surface area contributed by atoms with Crippen molar-refractivity contribution >= 4 is 5.97 Å². The summed E-state index contributed by atoms with van der Waals surface area (Å²) < 4.78 is 5.07. The van der Waals surface area contributed by atoms with E-state index in [1.807, 2.05) is 0 Å². The van der Waals surface area contributed by atoms with Crippen molar-refractivity contribution < 1.29 is 14.6 Å². The Morgan fingerprint density at radius 1 is 1.73 bits per heavy atom. The Bertz CT molecular complexity index is 152. The SMILES string of the molecule is NC1(CCC(=O)O)CCOC1. The summed E-state index contributed by atoms with van der Waals surface area (Å²) in [6.45, 7) is 1.16. The van der Waals surface area contributed by atoms with Crippen molar-refractivity contribution in [3.05, 3.63) is 0 Å². The largest absolute Gasteiger partial charge is 0.481 e. The predicted octanol–water partition coefficient (Wildman–Crippen LogP) is -0.0310. The predicted molar refractivity (Wildman–Crippen MR) is 39.2 cm³/mol. The maximum Gasteiger partial charge on any atom is 0.303 e. The highest BCUT2D eigenvalue weighted by atomic mass is 16.5. The van der Waals surface area contributed by atoms with E-state index in [9.17, 15) is 4.79 Å². The average Bonchev–Trinajstić information content (AvgIpc) is 2.33. The molecule has 0 aromatic rings. The summed E-state index contributed by atoms with van der Waals surface area (Å²) in [6, 6.07) is 0. The number of ether oxygens (including phenoxy) is 1. The van der Waals surface area contributed by atoms with Crippen molar-refractivity contribution in [2.45, 2.75) is 24.8 Å². The number of hydrogen-bond acceptors (Lipinski definition) is 3. The molecule has 1 atom stereocenters. The van der Waals surface area contributed by atoms with Crippen molar-refractivity contribution in [2.75, 3.05) is 13.2 Å². The second-order valence-electron chi connectivity index (χ2n) is 3.06. The average molecular weight is 159 g/mol. The summed E-state index contributed by atoms with van der Waals surface area (Å²) in [4.78, 5) is 10.2. The minimum atomic E-state index is -0.790. The normalized spacial score (nSPS) is 30.6. The third-order valence-corrected chi connectivity index (χ3v) is 1.97. The minimum Gasteiger partial charge on any atom is -0.481 e. The molecule has 64 valence electrons. The Balaban J connectivity index is 2.28. The monoisotopic (exact) mass is 159 g/mol. The zero-order valence-electron chi connectivity index (χ0n) is 6.38. The van der Waals surface area contributed by atoms with Gasteiger partial charge in [-0.25, -0.2) is 0 Å². The number of carboxylic acids is 1. The van der Waals surface area contributed by atoms with Crippen molar-refractivity contribution in [3.8, 4) is 0 Å². The van der Waals surface area contributed by atoms with Crippen LogP contribution in [0.5, 0.6) is 0 Å². The summed E-state index contributed by atoms with van der Waals surface area (Å²) >= 11 is 0. The zero-order chi connectivity index (χ0) is 8.32. The van der Waals surface area contributed by atoms with Gasteiger partial charge in [0.2, 0.25) is 0 Å². The van der Waals surface area contributed by atoms with Gasteiger partial charge >= 0.3 is 5.97 Å². The molecule has 1 heterocycles. The Hall–Kier alpha value is -0.610. The van der Waals surface area contributed by atoms with Gasteiger partial charge in [0, 0.05) is 18.6 Å². The van der Waals surface area contributed by atoms with E-state index in [1.165, 1.54) is 0 Å². The molecule has 1 rings (SSSR count). The Kier molecular flexibility index (Phi) is 2.46. The van der Waals surface area contributed by atoms with Gasteiger partial charge in [0.1, 0.15) is 0 Å². The van der Waals surface area contributed by atoms with Crippen LogP contribution in [0.25, 0.3) is 0 Å². The van der Waals surface area contributed by atoms with Gasteiger partial charge in [-0.3, -0.25) is 4.79 Å². The highest BCUT2D eigenvalue weighted by molar-refractivity contribution is 5.66. The van der Waals surface area contributed by atoms with Crippen LogP contribution in [0, 0.1) is 0 Å². The van der Waals surface area contributed by atoms with E-state index in [2.05, 4.69) is 0 Å². The lowest BCUT2D eigenvalue weighted by atomic mass is 9.94. The molecule has 0 radical (unpaired) electrons. The highest BCUT2D eigenvalue weighted by Gasteiger charge is 2.30. The molecule has 0 aromatic carbocycles. The van der Waals surface area contributed by atoms with Gasteiger partial charge in [0.05, 0.1) is 6.61 Å². The number of aliphatic carboxylic acids is 1. The third-order valence-electron chi connectivity index (χ3n) is 1.97. The summed E-state index contributed by atoms with van der Waals surface area (Å²) in [5.74, 6) is -0.790. The topological polar surface area (TPSA) is 72.6 Å². The molecule has 0 aliphatic carbocycles. The third kappa shape index (κ3) is 2.48. The molecule has 1 aliphatic heterocycles. The molecule has 11 heavy (non-hydrogen) atoms. The van der Waals surface area contributed by atoms with Gasteiger partial charge in [-0.05, 0) is 12.8 Å². The van der Waals surface area contributed by atoms with Gasteiger partial charge in [0.15, 0.2) is 0 Å². The molecule has 3 N–H and O–H groups in total. The second kappa shape index (κ2) is 3.19. The lowest BCUT2D eigenvalue weighted by Crippen LogP contribution is -2.40. The molecule has 4 heteroatoms. The molecule has 1 aliphatic rings. The van der Waals surface area contributed by atoms with E-state index in [1.54, 1.807) is 0 Å². The molecular formula is C7H13NO3. The summed E-state index contributed by atoms with van der Waals surface area (Å²) in [5.41, 5.74) is 5.44. The van der Waals surface area contributed by atoms with Crippen LogP contribution < -0.4 is 5.73 Å². The van der Waals surface area contributed by atoms with Crippen molar-refractivity contribution in [2.24, 2.45) is 5.73 Å². The van der Waals surface area contributed by atoms with Gasteiger partial charge in [0.25, 0.3) is 0 Å². The van der Waals surface area contributed by atoms with E-state index in [0.29, 0.717) is 19.6 Å². The number of carboxylic acid groups (broad SMARTS) is 1. The maximum absolute atomic E-state index is 10.2. The summed E-state index contributed by atoms with van der Waals surface area (Å²) in [6.07, 6.45) is 1.43. The van der Waals surface area contributed by atoms with Crippen LogP contribution in [-0.2, 0) is 9.53 Å². The molecule has 1 fully saturated rings. The van der Waals surface area contributed by atoms with E-state index in [4.69, 9.17) is 15.6 Å². The van der Waals surface area contributed by atoms with Crippen LogP contribution in [0.4, 0.5) is 0 Å². The molecule has 0 saturated carbocycles. The van der Waals surface area contributed by atoms with E-state index in [0.717, 1.165) is 6.42 Å². The van der Waals surface area contributed by atoms with Crippen LogP contribution >= 0.6 is 0 Å². The molecule has 1 saturated heterocycles. The van der Waals surface area contributed by atoms with Crippen molar-refractivity contribution in [1.29, 1.82) is 0 Å². The van der Waals surface area contributed by atoms with Crippen LogP contribution in [0.2, 0.25) is 0 Å². The van der Waals surface area contributed by atoms with Gasteiger partial charge in [-0.15, -0.1) is 0 Å². The van der Waals surface area contributed by atoms with Crippen molar-refractivity contribution in [1.82, 2.24) is 0 Å². The lowest BCUT2D eigenvalue weighted by Gasteiger charge is -2.19. The fourth-order valence-corrected chi connectivity index (χ4v) is 1.18. The number of rotatable bonds is 3. The fraction of sp³-hybridized carbons (Fsp3) is 0.857. The highest BCUT2D eigenvalue weighted by Crippen LogP contribution is 2.20. The quantitative estimate of drug-likeness (QED) is 0.606. The first kappa shape index (κ1) is 8.49. The summed E-state index contributed by atoms with van der Waals surface area (Å²) in [5, 5.41) is 8.39. The van der Waals surface area contributed by atoms with Gasteiger partial charge in [-0.1, -0.05) is 0 Å². The minimum absolute atomic E-state index is 0.139. The Morgan fingerprint density at radius 3 is 2.91 bits per heavy atom. The van der Waals surface area contributed by atoms with Gasteiger partial charge < -0.3 is 15.6 Å². The van der Waals surface area contributed by atoms with E-state index >= 15 is 0 Å². The number of nitrogens with two attached hydrogens (primary N) is 1. The molecule has 0 spiro atoms. The number of carbonyl (C=O) groups is 1. The van der Waals surface area contributed by atoms with Crippen LogP contribution in [-0.4, -0.2) is 29.8 Å². The number of hydrogen-bond donors (Lipinski definition) is 2. The smallest absolute Gasteiger partial charge is 0.303 e. The Morgan fingerprint density at radius 2 is 2.45 bits per heavy atom. The first-order valence-electron chi connectivity index (χ1n) is 3.71. The first-order chi connectivity index (χ1) is 5.12. The molecule has 1 unspecified atom stereocenters. The maximum atomic E-state index is 10.2. The first-order valence-corrected chi connectivity index (χ1v) is 3.71. The molecule has 4 nitrogen and oxygen atoms in total. The molecular weight excluding hydrogens is 146 g/mol. The molecule has 0 aromatic heterocycles. The van der Waals surface area contributed by atoms with Crippen LogP contribution in [0.1, 0.15) is 19.3 Å². The van der Waals surface area contributed by atoms with E-state index < -0.39 is 5.97 Å². The van der Waals surface area contributed by atoms with Crippen LogP contribution in [0.15, 0.2) is 0 Å². The summed E-state index contributed by atoms with van der Waals surface area (Å²) in [7, 11) is 0. The van der Waals surface area contributed by atoms with Gasteiger partial charge in [-0.2, -0.15) is 0 Å². The Labute approximate surface area is 65.3 Å². The van der Waals surface area contributed by atoms with E-state index in [-0.39, 0.29) is 12.0 Å². The van der Waals surface area contributed by atoms with Crippen LogP contribution in [0.3, 0.4) is 0 Å². The molecule has 0 bridgehead atoms. The fourth-order valence-electron chi connectivity index (χ4n) is 1.18. The second-order valence-corrected chi connectivity index (χ2v) is 3.06. The standard InChI is InChI=1S/C7H13NO3/c8-7(2-1-6(9)10)3-4-11-5-7/h1-5,8H2,(H,9,10). The zero-order valence-corrected chi connectivity index (χ0v) is 6.38. The lowest BCUT2D eigenvalue weighted by molar-refractivity contribution is -0.137. The molecule has 0 amide bonds.